The molecule has 0 heterocycles. The van der Waals surface area contributed by atoms with Crippen LogP contribution in [0.25, 0.3) is 0 Å². The molecule has 3 aromatic carbocycles. The lowest BCUT2D eigenvalue weighted by atomic mass is 10.1. The van der Waals surface area contributed by atoms with Crippen molar-refractivity contribution in [1.82, 2.24) is 0 Å². The topological polar surface area (TPSA) is 111 Å². The van der Waals surface area contributed by atoms with Gasteiger partial charge in [0.25, 0.3) is 20.0 Å². The first-order valence-corrected chi connectivity index (χ1v) is 12.9. The lowest BCUT2D eigenvalue weighted by Gasteiger charge is -2.15. The van der Waals surface area contributed by atoms with Crippen LogP contribution in [0, 0.1) is 20.8 Å². The first kappa shape index (κ1) is 24.4. The molecule has 176 valence electrons. The van der Waals surface area contributed by atoms with Crippen LogP contribution in [0.15, 0.2) is 64.4 Å². The maximum atomic E-state index is 12.9. The first-order valence-electron chi connectivity index (χ1n) is 9.92. The van der Waals surface area contributed by atoms with Crippen LogP contribution in [0.2, 0.25) is 0 Å². The zero-order valence-electron chi connectivity index (χ0n) is 19.0. The van der Waals surface area contributed by atoms with Gasteiger partial charge in [-0.15, -0.1) is 0 Å². The molecule has 33 heavy (non-hydrogen) atoms. The summed E-state index contributed by atoms with van der Waals surface area (Å²) in [5.41, 5.74) is 3.40. The van der Waals surface area contributed by atoms with Gasteiger partial charge < -0.3 is 9.47 Å². The lowest BCUT2D eigenvalue weighted by Crippen LogP contribution is -2.16. The van der Waals surface area contributed by atoms with Crippen LogP contribution in [0.3, 0.4) is 0 Å². The predicted octanol–water partition coefficient (Wildman–Crippen LogP) is 4.23. The number of methoxy groups -OCH3 is 2. The molecule has 2 N–H and O–H groups in total. The molecule has 0 saturated carbocycles. The molecule has 10 heteroatoms. The number of anilines is 2. The first-order chi connectivity index (χ1) is 15.5. The summed E-state index contributed by atoms with van der Waals surface area (Å²) in [7, 11) is -5.03. The smallest absolute Gasteiger partial charge is 0.265 e. The van der Waals surface area contributed by atoms with E-state index in [-0.39, 0.29) is 21.2 Å². The molecule has 3 aromatic rings. The van der Waals surface area contributed by atoms with Crippen LogP contribution >= 0.6 is 0 Å². The molecule has 0 radical (unpaired) electrons. The van der Waals surface area contributed by atoms with Crippen molar-refractivity contribution in [3.05, 3.63) is 71.3 Å². The Balaban J connectivity index is 1.84. The second kappa shape index (κ2) is 9.32. The Bertz CT molecular complexity index is 1360. The molecule has 8 nitrogen and oxygen atoms in total. The van der Waals surface area contributed by atoms with Crippen LogP contribution in [0.5, 0.6) is 11.5 Å². The molecule has 0 aliphatic carbocycles. The summed E-state index contributed by atoms with van der Waals surface area (Å²) < 4.78 is 66.8. The zero-order valence-corrected chi connectivity index (χ0v) is 20.6. The molecule has 0 aliphatic rings. The van der Waals surface area contributed by atoms with Crippen molar-refractivity contribution in [2.75, 3.05) is 23.7 Å². The largest absolute Gasteiger partial charge is 0.497 e. The molecule has 0 saturated heterocycles. The van der Waals surface area contributed by atoms with E-state index < -0.39 is 20.0 Å². The van der Waals surface area contributed by atoms with Gasteiger partial charge >= 0.3 is 0 Å². The molecular weight excluding hydrogens is 464 g/mol. The van der Waals surface area contributed by atoms with E-state index >= 15 is 0 Å². The van der Waals surface area contributed by atoms with Gasteiger partial charge in [-0.1, -0.05) is 17.7 Å². The van der Waals surface area contributed by atoms with Gasteiger partial charge in [0.1, 0.15) is 16.4 Å². The van der Waals surface area contributed by atoms with E-state index in [1.165, 1.54) is 56.7 Å². The highest BCUT2D eigenvalue weighted by molar-refractivity contribution is 7.93. The average Bonchev–Trinajstić information content (AvgIpc) is 2.75. The van der Waals surface area contributed by atoms with Crippen molar-refractivity contribution in [1.29, 1.82) is 0 Å². The summed E-state index contributed by atoms with van der Waals surface area (Å²) in [6.07, 6.45) is 0. The predicted molar refractivity (Wildman–Crippen MR) is 128 cm³/mol. The van der Waals surface area contributed by atoms with Crippen LogP contribution < -0.4 is 18.9 Å². The Morgan fingerprint density at radius 1 is 0.697 bits per heavy atom. The number of hydrogen-bond donors (Lipinski definition) is 2. The molecular formula is C23H26N2O6S2. The van der Waals surface area contributed by atoms with Gasteiger partial charge in [0.05, 0.1) is 24.8 Å². The molecule has 3 rings (SSSR count). The molecule has 0 spiro atoms. The van der Waals surface area contributed by atoms with Crippen molar-refractivity contribution >= 4 is 31.4 Å². The standard InChI is InChI=1S/C23H26N2O6S2/c1-15-12-16(2)23(17(3)13-15)25-32(26,27)20-9-6-18(7-10-20)24-33(28,29)22-11-8-19(30-4)14-21(22)31-5/h6-14,24-25H,1-5H3. The monoisotopic (exact) mass is 490 g/mol. The van der Waals surface area contributed by atoms with Gasteiger partial charge in [0, 0.05) is 11.8 Å². The number of rotatable bonds is 8. The van der Waals surface area contributed by atoms with Crippen molar-refractivity contribution in [3.8, 4) is 11.5 Å². The van der Waals surface area contributed by atoms with Gasteiger partial charge in [-0.2, -0.15) is 0 Å². The molecule has 0 unspecified atom stereocenters. The highest BCUT2D eigenvalue weighted by Gasteiger charge is 2.21. The Morgan fingerprint density at radius 2 is 1.30 bits per heavy atom. The molecule has 0 atom stereocenters. The summed E-state index contributed by atoms with van der Waals surface area (Å²) in [5, 5.41) is 0. The van der Waals surface area contributed by atoms with E-state index in [4.69, 9.17) is 9.47 Å². The number of aryl methyl sites for hydroxylation is 3. The Labute approximate surface area is 194 Å². The van der Waals surface area contributed by atoms with E-state index in [0.29, 0.717) is 11.4 Å². The summed E-state index contributed by atoms with van der Waals surface area (Å²) in [6.45, 7) is 5.62. The number of ether oxygens (including phenoxy) is 2. The lowest BCUT2D eigenvalue weighted by molar-refractivity contribution is 0.386. The SMILES string of the molecule is COc1ccc(S(=O)(=O)Nc2ccc(S(=O)(=O)Nc3c(C)cc(C)cc3C)cc2)c(OC)c1. The van der Waals surface area contributed by atoms with Crippen LogP contribution in [0.4, 0.5) is 11.4 Å². The Hall–Kier alpha value is -3.24. The fourth-order valence-electron chi connectivity index (χ4n) is 3.44. The normalized spacial score (nSPS) is 11.7. The van der Waals surface area contributed by atoms with Gasteiger partial charge in [-0.3, -0.25) is 9.44 Å². The highest BCUT2D eigenvalue weighted by atomic mass is 32.2. The number of nitrogens with one attached hydrogen (secondary N) is 2. The third kappa shape index (κ3) is 5.40. The minimum Gasteiger partial charge on any atom is -0.497 e. The van der Waals surface area contributed by atoms with Crippen molar-refractivity contribution in [2.24, 2.45) is 0 Å². The number of hydrogen-bond acceptors (Lipinski definition) is 6. The highest BCUT2D eigenvalue weighted by Crippen LogP contribution is 2.30. The maximum Gasteiger partial charge on any atom is 0.265 e. The van der Waals surface area contributed by atoms with Crippen molar-refractivity contribution in [3.63, 3.8) is 0 Å². The second-order valence-electron chi connectivity index (χ2n) is 7.53. The third-order valence-electron chi connectivity index (χ3n) is 4.99. The zero-order chi connectivity index (χ0) is 24.4. The fraction of sp³-hybridized carbons (Fsp3) is 0.217. The molecule has 0 amide bonds. The van der Waals surface area contributed by atoms with Crippen LogP contribution in [-0.4, -0.2) is 31.1 Å². The summed E-state index contributed by atoms with van der Waals surface area (Å²) in [4.78, 5) is -0.0682. The van der Waals surface area contributed by atoms with Crippen LogP contribution in [-0.2, 0) is 20.0 Å². The van der Waals surface area contributed by atoms with Crippen molar-refractivity contribution in [2.45, 2.75) is 30.6 Å². The van der Waals surface area contributed by atoms with E-state index in [1.54, 1.807) is 0 Å². The van der Waals surface area contributed by atoms with Gasteiger partial charge in [0.2, 0.25) is 0 Å². The van der Waals surface area contributed by atoms with Crippen molar-refractivity contribution < 1.29 is 26.3 Å². The van der Waals surface area contributed by atoms with E-state index in [9.17, 15) is 16.8 Å². The van der Waals surface area contributed by atoms with E-state index in [1.807, 2.05) is 32.9 Å². The van der Waals surface area contributed by atoms with Gasteiger partial charge in [-0.25, -0.2) is 16.8 Å². The van der Waals surface area contributed by atoms with Gasteiger partial charge in [-0.05, 0) is 68.3 Å². The number of benzene rings is 3. The third-order valence-corrected chi connectivity index (χ3v) is 7.78. The fourth-order valence-corrected chi connectivity index (χ4v) is 5.86. The number of sulfonamides is 2. The summed E-state index contributed by atoms with van der Waals surface area (Å²) in [6, 6.07) is 13.6. The summed E-state index contributed by atoms with van der Waals surface area (Å²) >= 11 is 0. The van der Waals surface area contributed by atoms with E-state index in [2.05, 4.69) is 9.44 Å². The van der Waals surface area contributed by atoms with E-state index in [0.717, 1.165) is 16.7 Å². The minimum absolute atomic E-state index is 0.00634. The quantitative estimate of drug-likeness (QED) is 0.489. The van der Waals surface area contributed by atoms with Crippen LogP contribution in [0.1, 0.15) is 16.7 Å². The second-order valence-corrected chi connectivity index (χ2v) is 10.9. The Kier molecular flexibility index (Phi) is 6.89. The summed E-state index contributed by atoms with van der Waals surface area (Å²) in [5.74, 6) is 0.570. The minimum atomic E-state index is -3.99. The molecule has 0 bridgehead atoms. The maximum absolute atomic E-state index is 12.9. The molecule has 0 aromatic heterocycles. The van der Waals surface area contributed by atoms with Gasteiger partial charge in [0.15, 0.2) is 0 Å². The molecule has 0 fully saturated rings. The molecule has 0 aliphatic heterocycles. The Morgan fingerprint density at radius 3 is 1.85 bits per heavy atom. The average molecular weight is 491 g/mol.